The molecule has 1 atom stereocenters. The van der Waals surface area contributed by atoms with E-state index in [2.05, 4.69) is 34.7 Å². The van der Waals surface area contributed by atoms with Gasteiger partial charge in [-0.25, -0.2) is 12.8 Å². The van der Waals surface area contributed by atoms with Crippen LogP contribution in [-0.4, -0.2) is 39.8 Å². The molecule has 0 saturated heterocycles. The lowest BCUT2D eigenvalue weighted by molar-refractivity contribution is 0.566. The molecule has 2 aromatic rings. The van der Waals surface area contributed by atoms with Gasteiger partial charge < -0.3 is 10.6 Å². The largest absolute Gasteiger partial charge is 0.355 e. The Morgan fingerprint density at radius 1 is 1.27 bits per heavy atom. The number of aryl methyl sites for hydroxylation is 1. The Labute approximate surface area is 158 Å². The molecule has 142 valence electrons. The number of halogens is 1. The van der Waals surface area contributed by atoms with Crippen LogP contribution < -0.4 is 10.6 Å². The van der Waals surface area contributed by atoms with Gasteiger partial charge in [0.15, 0.2) is 15.8 Å². The van der Waals surface area contributed by atoms with E-state index >= 15 is 0 Å². The maximum atomic E-state index is 13.7. The van der Waals surface area contributed by atoms with Gasteiger partial charge >= 0.3 is 0 Å². The summed E-state index contributed by atoms with van der Waals surface area (Å²) >= 11 is 1.76. The monoisotopic (exact) mass is 397 g/mol. The van der Waals surface area contributed by atoms with Gasteiger partial charge in [0.2, 0.25) is 0 Å². The highest BCUT2D eigenvalue weighted by molar-refractivity contribution is 7.91. The highest BCUT2D eigenvalue weighted by atomic mass is 32.2. The Bertz CT molecular complexity index is 863. The van der Waals surface area contributed by atoms with Crippen LogP contribution >= 0.6 is 11.3 Å². The van der Waals surface area contributed by atoms with Crippen molar-refractivity contribution in [2.24, 2.45) is 4.99 Å². The number of benzene rings is 1. The molecule has 1 heterocycles. The molecular formula is C18H24FN3O2S2. The van der Waals surface area contributed by atoms with E-state index in [1.807, 2.05) is 6.92 Å². The van der Waals surface area contributed by atoms with Crippen LogP contribution in [0.4, 0.5) is 4.39 Å². The minimum atomic E-state index is -3.69. The fourth-order valence-electron chi connectivity index (χ4n) is 2.49. The average Bonchev–Trinajstić information content (AvgIpc) is 2.98. The number of guanidine groups is 1. The van der Waals surface area contributed by atoms with Crippen molar-refractivity contribution >= 4 is 27.1 Å². The number of sulfone groups is 1. The van der Waals surface area contributed by atoms with Crippen LogP contribution in [0.5, 0.6) is 0 Å². The zero-order valence-electron chi connectivity index (χ0n) is 15.1. The number of thiophene rings is 1. The Balaban J connectivity index is 1.86. The third kappa shape index (κ3) is 5.81. The molecule has 0 saturated carbocycles. The zero-order chi connectivity index (χ0) is 19.2. The van der Waals surface area contributed by atoms with Gasteiger partial charge in [-0.05, 0) is 38.1 Å². The third-order valence-electron chi connectivity index (χ3n) is 3.75. The van der Waals surface area contributed by atoms with Crippen LogP contribution in [0.25, 0.3) is 0 Å². The maximum absolute atomic E-state index is 13.7. The van der Waals surface area contributed by atoms with Crippen molar-refractivity contribution in [1.82, 2.24) is 10.6 Å². The first-order chi connectivity index (χ1) is 12.3. The van der Waals surface area contributed by atoms with Gasteiger partial charge in [0, 0.05) is 35.8 Å². The first-order valence-corrected chi connectivity index (χ1v) is 10.8. The molecule has 26 heavy (non-hydrogen) atoms. The van der Waals surface area contributed by atoms with Crippen molar-refractivity contribution in [2.75, 3.05) is 19.3 Å². The topological polar surface area (TPSA) is 70.6 Å². The van der Waals surface area contributed by atoms with E-state index in [1.165, 1.54) is 28.0 Å². The van der Waals surface area contributed by atoms with Gasteiger partial charge in [-0.1, -0.05) is 12.1 Å². The fraction of sp³-hybridized carbons (Fsp3) is 0.389. The predicted octanol–water partition coefficient (Wildman–Crippen LogP) is 2.77. The Kier molecular flexibility index (Phi) is 7.16. The van der Waals surface area contributed by atoms with Gasteiger partial charge in [0.1, 0.15) is 10.7 Å². The summed E-state index contributed by atoms with van der Waals surface area (Å²) in [5.41, 5.74) is 0. The second-order valence-corrected chi connectivity index (χ2v) is 9.46. The lowest BCUT2D eigenvalue weighted by Crippen LogP contribution is -2.44. The second kappa shape index (κ2) is 9.14. The van der Waals surface area contributed by atoms with Gasteiger partial charge in [-0.15, -0.1) is 11.3 Å². The summed E-state index contributed by atoms with van der Waals surface area (Å²) < 4.78 is 38.2. The average molecular weight is 398 g/mol. The summed E-state index contributed by atoms with van der Waals surface area (Å²) in [4.78, 5) is 6.39. The van der Waals surface area contributed by atoms with E-state index < -0.39 is 15.7 Å². The molecule has 2 N–H and O–H groups in total. The van der Waals surface area contributed by atoms with Crippen molar-refractivity contribution in [2.45, 2.75) is 31.2 Å². The van der Waals surface area contributed by atoms with Crippen molar-refractivity contribution in [1.29, 1.82) is 0 Å². The van der Waals surface area contributed by atoms with Crippen LogP contribution in [0.2, 0.25) is 0 Å². The van der Waals surface area contributed by atoms with Crippen LogP contribution in [-0.2, 0) is 16.3 Å². The van der Waals surface area contributed by atoms with E-state index in [0.29, 0.717) is 5.96 Å². The summed E-state index contributed by atoms with van der Waals surface area (Å²) in [6.07, 6.45) is 0.854. The summed E-state index contributed by atoms with van der Waals surface area (Å²) in [5.74, 6) is -0.419. The lowest BCUT2D eigenvalue weighted by Gasteiger charge is -2.17. The minimum Gasteiger partial charge on any atom is -0.355 e. The molecule has 0 bridgehead atoms. The molecule has 1 aromatic carbocycles. The van der Waals surface area contributed by atoms with E-state index in [1.54, 1.807) is 18.4 Å². The van der Waals surface area contributed by atoms with E-state index in [9.17, 15) is 12.8 Å². The molecule has 8 heteroatoms. The first-order valence-electron chi connectivity index (χ1n) is 8.31. The summed E-state index contributed by atoms with van der Waals surface area (Å²) in [6, 6.07) is 9.75. The summed E-state index contributed by atoms with van der Waals surface area (Å²) in [7, 11) is -2.06. The molecular weight excluding hydrogens is 373 g/mol. The summed E-state index contributed by atoms with van der Waals surface area (Å²) in [5, 5.41) is 6.22. The second-order valence-electron chi connectivity index (χ2n) is 6.01. The van der Waals surface area contributed by atoms with Crippen LogP contribution in [0, 0.1) is 12.7 Å². The van der Waals surface area contributed by atoms with Gasteiger partial charge in [0.05, 0.1) is 5.75 Å². The smallest absolute Gasteiger partial charge is 0.191 e. The Morgan fingerprint density at radius 3 is 2.62 bits per heavy atom. The maximum Gasteiger partial charge on any atom is 0.191 e. The molecule has 1 aromatic heterocycles. The molecule has 0 amide bonds. The molecule has 2 rings (SSSR count). The molecule has 0 aliphatic carbocycles. The quantitative estimate of drug-likeness (QED) is 0.557. The molecule has 0 aliphatic heterocycles. The fourth-order valence-corrected chi connectivity index (χ4v) is 4.75. The predicted molar refractivity (Wildman–Crippen MR) is 105 cm³/mol. The number of aliphatic imine (C=N–C) groups is 1. The molecule has 0 spiro atoms. The van der Waals surface area contributed by atoms with Crippen molar-refractivity contribution in [3.8, 4) is 0 Å². The van der Waals surface area contributed by atoms with E-state index in [4.69, 9.17) is 0 Å². The van der Waals surface area contributed by atoms with Gasteiger partial charge in [-0.2, -0.15) is 0 Å². The number of nitrogens with zero attached hydrogens (tertiary/aromatic N) is 1. The standard InChI is InChI=1S/C18H24FN3O2S2/c1-13(12-15-9-8-14(2)25-15)22-18(20-3)21-10-11-26(23,24)17-7-5-4-6-16(17)19/h4-9,13H,10-12H2,1-3H3,(H2,20,21,22). The molecule has 0 aliphatic rings. The van der Waals surface area contributed by atoms with Crippen molar-refractivity contribution in [3.63, 3.8) is 0 Å². The number of hydrogen-bond donors (Lipinski definition) is 2. The van der Waals surface area contributed by atoms with E-state index in [0.717, 1.165) is 12.5 Å². The highest BCUT2D eigenvalue weighted by Gasteiger charge is 2.18. The Morgan fingerprint density at radius 2 is 2.00 bits per heavy atom. The lowest BCUT2D eigenvalue weighted by atomic mass is 10.2. The zero-order valence-corrected chi connectivity index (χ0v) is 16.8. The summed E-state index contributed by atoms with van der Waals surface area (Å²) in [6.45, 7) is 4.25. The molecule has 0 radical (unpaired) electrons. The first kappa shape index (κ1) is 20.4. The van der Waals surface area contributed by atoms with Gasteiger partial charge in [0.25, 0.3) is 0 Å². The van der Waals surface area contributed by atoms with Crippen LogP contribution in [0.1, 0.15) is 16.7 Å². The number of nitrogens with one attached hydrogen (secondary N) is 2. The SMILES string of the molecule is CN=C(NCCS(=O)(=O)c1ccccc1F)NC(C)Cc1ccc(C)s1. The molecule has 1 unspecified atom stereocenters. The minimum absolute atomic E-state index is 0.140. The van der Waals surface area contributed by atoms with Crippen LogP contribution in [0.15, 0.2) is 46.3 Å². The normalized spacial score (nSPS) is 13.5. The van der Waals surface area contributed by atoms with E-state index in [-0.39, 0.29) is 23.2 Å². The van der Waals surface area contributed by atoms with Crippen molar-refractivity contribution in [3.05, 3.63) is 52.0 Å². The molecule has 0 fully saturated rings. The van der Waals surface area contributed by atoms with Gasteiger partial charge in [-0.3, -0.25) is 4.99 Å². The van der Waals surface area contributed by atoms with Crippen LogP contribution in [0.3, 0.4) is 0 Å². The highest BCUT2D eigenvalue weighted by Crippen LogP contribution is 2.17. The van der Waals surface area contributed by atoms with Crippen molar-refractivity contribution < 1.29 is 12.8 Å². The number of rotatable bonds is 7. The Hall–Kier alpha value is -1.93. The number of hydrogen-bond acceptors (Lipinski definition) is 4. The third-order valence-corrected chi connectivity index (χ3v) is 6.51. The molecule has 5 nitrogen and oxygen atoms in total.